The lowest BCUT2D eigenvalue weighted by Gasteiger charge is -2.10. The van der Waals surface area contributed by atoms with Gasteiger partial charge in [-0.05, 0) is 19.1 Å². The predicted octanol–water partition coefficient (Wildman–Crippen LogP) is 3.74. The number of thioether (sulfide) groups is 1. The zero-order chi connectivity index (χ0) is 15.0. The maximum absolute atomic E-state index is 12.0. The first-order valence-corrected chi connectivity index (χ1v) is 7.53. The van der Waals surface area contributed by atoms with E-state index in [1.165, 1.54) is 11.8 Å². The van der Waals surface area contributed by atoms with Gasteiger partial charge >= 0.3 is 6.18 Å². The highest BCUT2D eigenvalue weighted by atomic mass is 32.2. The van der Waals surface area contributed by atoms with Crippen molar-refractivity contribution in [2.75, 3.05) is 24.7 Å². The first-order chi connectivity index (χ1) is 9.44. The van der Waals surface area contributed by atoms with Crippen molar-refractivity contribution in [2.24, 2.45) is 0 Å². The molecule has 1 aromatic heterocycles. The Kier molecular flexibility index (Phi) is 6.90. The largest absolute Gasteiger partial charge is 0.478 e. The molecule has 0 fully saturated rings. The van der Waals surface area contributed by atoms with Crippen LogP contribution in [0.5, 0.6) is 5.88 Å². The molecule has 1 aromatic rings. The van der Waals surface area contributed by atoms with Gasteiger partial charge in [-0.25, -0.2) is 4.98 Å². The molecule has 8 heteroatoms. The third kappa shape index (κ3) is 6.83. The highest BCUT2D eigenvalue weighted by molar-refractivity contribution is 7.98. The number of aromatic nitrogens is 2. The lowest BCUT2D eigenvalue weighted by molar-refractivity contribution is -0.136. The zero-order valence-corrected chi connectivity index (χ0v) is 12.3. The Hall–Kier alpha value is -1.18. The average molecular weight is 309 g/mol. The van der Waals surface area contributed by atoms with Crippen LogP contribution in [0.2, 0.25) is 0 Å². The van der Waals surface area contributed by atoms with E-state index in [-0.39, 0.29) is 13.0 Å². The smallest absolute Gasteiger partial charge is 0.389 e. The Morgan fingerprint density at radius 1 is 1.35 bits per heavy atom. The average Bonchev–Trinajstić information content (AvgIpc) is 2.40. The van der Waals surface area contributed by atoms with E-state index in [1.807, 2.05) is 13.2 Å². The van der Waals surface area contributed by atoms with Crippen LogP contribution in [0.1, 0.15) is 26.2 Å². The fourth-order valence-corrected chi connectivity index (χ4v) is 1.73. The van der Waals surface area contributed by atoms with Gasteiger partial charge < -0.3 is 10.1 Å². The van der Waals surface area contributed by atoms with E-state index in [2.05, 4.69) is 15.3 Å². The van der Waals surface area contributed by atoms with Crippen LogP contribution in [0, 0.1) is 0 Å². The maximum Gasteiger partial charge on any atom is 0.389 e. The molecule has 0 aliphatic rings. The van der Waals surface area contributed by atoms with Crippen LogP contribution in [0.15, 0.2) is 11.2 Å². The van der Waals surface area contributed by atoms with E-state index < -0.39 is 12.6 Å². The second-order valence-electron chi connectivity index (χ2n) is 4.07. The SMILES string of the molecule is CCCNc1cc(OCCCC(F)(F)F)nc(SC)n1. The Morgan fingerprint density at radius 2 is 2.10 bits per heavy atom. The summed E-state index contributed by atoms with van der Waals surface area (Å²) in [6.45, 7) is 2.77. The molecular weight excluding hydrogens is 291 g/mol. The van der Waals surface area contributed by atoms with E-state index >= 15 is 0 Å². The number of nitrogens with one attached hydrogen (secondary N) is 1. The minimum Gasteiger partial charge on any atom is -0.478 e. The number of hydrogen-bond acceptors (Lipinski definition) is 5. The summed E-state index contributed by atoms with van der Waals surface area (Å²) in [5.74, 6) is 0.919. The topological polar surface area (TPSA) is 47.0 Å². The molecule has 1 rings (SSSR count). The summed E-state index contributed by atoms with van der Waals surface area (Å²) in [4.78, 5) is 8.34. The number of nitrogens with zero attached hydrogens (tertiary/aromatic N) is 2. The van der Waals surface area contributed by atoms with Crippen LogP contribution in [-0.4, -0.2) is 35.6 Å². The van der Waals surface area contributed by atoms with Crippen molar-refractivity contribution in [1.29, 1.82) is 0 Å². The van der Waals surface area contributed by atoms with Crippen molar-refractivity contribution < 1.29 is 17.9 Å². The molecule has 0 aliphatic carbocycles. The molecule has 0 aromatic carbocycles. The molecule has 0 saturated heterocycles. The van der Waals surface area contributed by atoms with Gasteiger partial charge in [0.25, 0.3) is 0 Å². The zero-order valence-electron chi connectivity index (χ0n) is 11.5. The van der Waals surface area contributed by atoms with Crippen LogP contribution in [-0.2, 0) is 0 Å². The van der Waals surface area contributed by atoms with Gasteiger partial charge in [-0.3, -0.25) is 0 Å². The molecule has 0 atom stereocenters. The number of rotatable bonds is 8. The van der Waals surface area contributed by atoms with E-state index in [9.17, 15) is 13.2 Å². The van der Waals surface area contributed by atoms with Gasteiger partial charge in [0.2, 0.25) is 5.88 Å². The molecular formula is C12H18F3N3OS. The fourth-order valence-electron chi connectivity index (χ4n) is 1.36. The number of anilines is 1. The van der Waals surface area contributed by atoms with Crippen molar-refractivity contribution >= 4 is 17.6 Å². The number of alkyl halides is 3. The Balaban J connectivity index is 2.55. The van der Waals surface area contributed by atoms with E-state index in [1.54, 1.807) is 6.07 Å². The summed E-state index contributed by atoms with van der Waals surface area (Å²) < 4.78 is 41.3. The summed E-state index contributed by atoms with van der Waals surface area (Å²) in [6.07, 6.45) is -2.31. The Morgan fingerprint density at radius 3 is 2.70 bits per heavy atom. The van der Waals surface area contributed by atoms with Crippen molar-refractivity contribution in [1.82, 2.24) is 9.97 Å². The fraction of sp³-hybridized carbons (Fsp3) is 0.667. The normalized spacial score (nSPS) is 11.4. The van der Waals surface area contributed by atoms with Gasteiger partial charge in [0.1, 0.15) is 5.82 Å². The Bertz CT molecular complexity index is 415. The number of hydrogen-bond donors (Lipinski definition) is 1. The summed E-state index contributed by atoms with van der Waals surface area (Å²) in [5.41, 5.74) is 0. The monoisotopic (exact) mass is 309 g/mol. The molecule has 0 radical (unpaired) electrons. The van der Waals surface area contributed by atoms with Crippen LogP contribution >= 0.6 is 11.8 Å². The van der Waals surface area contributed by atoms with E-state index in [4.69, 9.17) is 4.74 Å². The molecule has 4 nitrogen and oxygen atoms in total. The van der Waals surface area contributed by atoms with Gasteiger partial charge in [0, 0.05) is 19.0 Å². The molecule has 0 amide bonds. The Labute approximate surface area is 120 Å². The molecule has 114 valence electrons. The van der Waals surface area contributed by atoms with Gasteiger partial charge in [-0.15, -0.1) is 0 Å². The standard InChI is InChI=1S/C12H18F3N3OS/c1-3-6-16-9-8-10(18-11(17-9)20-2)19-7-4-5-12(13,14)15/h8H,3-7H2,1-2H3,(H,16,17,18). The highest BCUT2D eigenvalue weighted by Crippen LogP contribution is 2.22. The van der Waals surface area contributed by atoms with Crippen molar-refractivity contribution in [2.45, 2.75) is 37.5 Å². The molecule has 0 spiro atoms. The van der Waals surface area contributed by atoms with Crippen molar-refractivity contribution in [3.05, 3.63) is 6.07 Å². The molecule has 1 N–H and O–H groups in total. The summed E-state index contributed by atoms with van der Waals surface area (Å²) in [7, 11) is 0. The van der Waals surface area contributed by atoms with Crippen molar-refractivity contribution in [3.8, 4) is 5.88 Å². The quantitative estimate of drug-likeness (QED) is 0.450. The van der Waals surface area contributed by atoms with Gasteiger partial charge in [0.15, 0.2) is 5.16 Å². The molecule has 0 unspecified atom stereocenters. The lowest BCUT2D eigenvalue weighted by atomic mass is 10.3. The summed E-state index contributed by atoms with van der Waals surface area (Å²) >= 11 is 1.35. The highest BCUT2D eigenvalue weighted by Gasteiger charge is 2.26. The van der Waals surface area contributed by atoms with Crippen LogP contribution in [0.3, 0.4) is 0 Å². The molecule has 0 saturated carbocycles. The minimum atomic E-state index is -4.15. The first kappa shape index (κ1) is 16.9. The van der Waals surface area contributed by atoms with Crippen LogP contribution in [0.25, 0.3) is 0 Å². The van der Waals surface area contributed by atoms with E-state index in [0.29, 0.717) is 16.9 Å². The van der Waals surface area contributed by atoms with Gasteiger partial charge in [-0.1, -0.05) is 18.7 Å². The molecule has 20 heavy (non-hydrogen) atoms. The number of ether oxygens (including phenoxy) is 1. The molecule has 0 aliphatic heterocycles. The second kappa shape index (κ2) is 8.18. The minimum absolute atomic E-state index is 0.0163. The van der Waals surface area contributed by atoms with Crippen LogP contribution in [0.4, 0.5) is 19.0 Å². The third-order valence-electron chi connectivity index (χ3n) is 2.28. The summed E-state index contributed by atoms with van der Waals surface area (Å²) in [5, 5.41) is 3.62. The lowest BCUT2D eigenvalue weighted by Crippen LogP contribution is -2.10. The molecule has 1 heterocycles. The third-order valence-corrected chi connectivity index (χ3v) is 2.82. The van der Waals surface area contributed by atoms with E-state index in [0.717, 1.165) is 13.0 Å². The first-order valence-electron chi connectivity index (χ1n) is 6.31. The number of halogens is 3. The summed E-state index contributed by atoms with van der Waals surface area (Å²) in [6, 6.07) is 1.60. The molecule has 0 bridgehead atoms. The second-order valence-corrected chi connectivity index (χ2v) is 4.85. The van der Waals surface area contributed by atoms with Crippen LogP contribution < -0.4 is 10.1 Å². The van der Waals surface area contributed by atoms with Crippen molar-refractivity contribution in [3.63, 3.8) is 0 Å². The predicted molar refractivity (Wildman–Crippen MR) is 73.4 cm³/mol. The maximum atomic E-state index is 12.0. The van der Waals surface area contributed by atoms with Gasteiger partial charge in [0.05, 0.1) is 6.61 Å². The van der Waals surface area contributed by atoms with Gasteiger partial charge in [-0.2, -0.15) is 18.2 Å².